The number of hydrogen-bond donors (Lipinski definition) is 2. The van der Waals surface area contributed by atoms with Crippen LogP contribution < -0.4 is 10.6 Å². The Labute approximate surface area is 211 Å². The number of imide groups is 2. The Bertz CT molecular complexity index is 1250. The number of nitrogens with one attached hydrogen (secondary N) is 2. The molecule has 2 aromatic rings. The quantitative estimate of drug-likeness (QED) is 0.581. The molecule has 4 amide bonds. The maximum absolute atomic E-state index is 13.3. The van der Waals surface area contributed by atoms with Crippen LogP contribution in [0.2, 0.25) is 0 Å². The molecule has 2 N–H and O–H groups in total. The number of nitrogens with zero attached hydrogens (tertiary/aromatic N) is 2. The summed E-state index contributed by atoms with van der Waals surface area (Å²) in [6, 6.07) is 10.6. The number of benzene rings is 2. The van der Waals surface area contributed by atoms with Gasteiger partial charge < -0.3 is 5.32 Å². The second-order valence-corrected chi connectivity index (χ2v) is 10.5. The molecule has 0 aromatic heterocycles. The summed E-state index contributed by atoms with van der Waals surface area (Å²) in [5.41, 5.74) is 4.74. The highest BCUT2D eigenvalue weighted by Crippen LogP contribution is 2.33. The number of rotatable bonds is 7. The molecule has 8 nitrogen and oxygen atoms in total. The summed E-state index contributed by atoms with van der Waals surface area (Å²) in [5, 5.41) is 5.55. The van der Waals surface area contributed by atoms with E-state index < -0.39 is 23.8 Å². The topological polar surface area (TPSA) is 98.8 Å². The largest absolute Gasteiger partial charge is 0.380 e. The van der Waals surface area contributed by atoms with E-state index in [0.717, 1.165) is 41.9 Å². The fourth-order valence-electron chi connectivity index (χ4n) is 5.31. The van der Waals surface area contributed by atoms with Crippen LogP contribution in [0.5, 0.6) is 0 Å². The van der Waals surface area contributed by atoms with Crippen molar-refractivity contribution < 1.29 is 19.2 Å². The van der Waals surface area contributed by atoms with Gasteiger partial charge in [-0.15, -0.1) is 0 Å². The van der Waals surface area contributed by atoms with E-state index in [2.05, 4.69) is 54.5 Å². The standard InChI is InChI=1S/C28H32N4O4/c1-16(2)20-14-31(15-20)13-19-8-7-18(11-17(19)3)12-29-22-6-4-5-21-25(22)28(36)32(27(21)35)23-9-10-24(33)30-26(23)34/h4-8,11,16,20,23,29H,9-10,12-15H2,1-3H3,(H,30,33,34). The zero-order valence-electron chi connectivity index (χ0n) is 21.0. The highest BCUT2D eigenvalue weighted by molar-refractivity contribution is 6.25. The van der Waals surface area contributed by atoms with Crippen LogP contribution in [-0.4, -0.2) is 52.6 Å². The zero-order valence-corrected chi connectivity index (χ0v) is 21.0. The third-order valence-corrected chi connectivity index (χ3v) is 7.68. The van der Waals surface area contributed by atoms with Gasteiger partial charge in [0.05, 0.1) is 11.1 Å². The third kappa shape index (κ3) is 4.41. The molecule has 0 radical (unpaired) electrons. The van der Waals surface area contributed by atoms with Gasteiger partial charge in [-0.1, -0.05) is 38.1 Å². The van der Waals surface area contributed by atoms with Gasteiger partial charge >= 0.3 is 0 Å². The first-order chi connectivity index (χ1) is 17.2. The Morgan fingerprint density at radius 1 is 1.06 bits per heavy atom. The van der Waals surface area contributed by atoms with Gasteiger partial charge in [-0.3, -0.25) is 34.3 Å². The van der Waals surface area contributed by atoms with Crippen LogP contribution in [0.15, 0.2) is 36.4 Å². The van der Waals surface area contributed by atoms with Gasteiger partial charge in [0.2, 0.25) is 11.8 Å². The number of piperidine rings is 1. The first-order valence-corrected chi connectivity index (χ1v) is 12.6. The van der Waals surface area contributed by atoms with Crippen LogP contribution in [-0.2, 0) is 22.7 Å². The normalized spacial score (nSPS) is 20.6. The second-order valence-electron chi connectivity index (χ2n) is 10.5. The van der Waals surface area contributed by atoms with Crippen molar-refractivity contribution in [2.75, 3.05) is 18.4 Å². The van der Waals surface area contributed by atoms with E-state index in [0.29, 0.717) is 12.2 Å². The fourth-order valence-corrected chi connectivity index (χ4v) is 5.31. The lowest BCUT2D eigenvalue weighted by Crippen LogP contribution is -2.54. The van der Waals surface area contributed by atoms with E-state index in [1.54, 1.807) is 18.2 Å². The van der Waals surface area contributed by atoms with Crippen LogP contribution in [0.4, 0.5) is 5.69 Å². The third-order valence-electron chi connectivity index (χ3n) is 7.68. The average molecular weight is 489 g/mol. The van der Waals surface area contributed by atoms with Crippen molar-refractivity contribution in [3.8, 4) is 0 Å². The minimum absolute atomic E-state index is 0.0976. The number of anilines is 1. The summed E-state index contributed by atoms with van der Waals surface area (Å²) in [6.07, 6.45) is 0.237. The van der Waals surface area contributed by atoms with Crippen molar-refractivity contribution in [3.05, 3.63) is 64.2 Å². The van der Waals surface area contributed by atoms with Gasteiger partial charge in [0, 0.05) is 38.3 Å². The van der Waals surface area contributed by atoms with Crippen molar-refractivity contribution in [3.63, 3.8) is 0 Å². The van der Waals surface area contributed by atoms with E-state index in [-0.39, 0.29) is 29.9 Å². The van der Waals surface area contributed by atoms with E-state index in [4.69, 9.17) is 0 Å². The van der Waals surface area contributed by atoms with Crippen LogP contribution in [0.25, 0.3) is 0 Å². The molecule has 3 aliphatic heterocycles. The SMILES string of the molecule is Cc1cc(CNc2cccc3c2C(=O)N(C2CCC(=O)NC2=O)C3=O)ccc1CN1CC(C(C)C)C1. The molecule has 3 heterocycles. The molecule has 2 saturated heterocycles. The second kappa shape index (κ2) is 9.50. The fraction of sp³-hybridized carbons (Fsp3) is 0.429. The van der Waals surface area contributed by atoms with Gasteiger partial charge in [0.1, 0.15) is 6.04 Å². The summed E-state index contributed by atoms with van der Waals surface area (Å²) >= 11 is 0. The Hall–Kier alpha value is -3.52. The van der Waals surface area contributed by atoms with E-state index >= 15 is 0 Å². The Morgan fingerprint density at radius 3 is 2.53 bits per heavy atom. The minimum atomic E-state index is -0.972. The predicted molar refractivity (Wildman–Crippen MR) is 135 cm³/mol. The zero-order chi connectivity index (χ0) is 25.6. The number of aryl methyl sites for hydroxylation is 1. The monoisotopic (exact) mass is 488 g/mol. The number of amides is 4. The van der Waals surface area contributed by atoms with E-state index in [9.17, 15) is 19.2 Å². The van der Waals surface area contributed by atoms with Crippen molar-refractivity contribution in [1.29, 1.82) is 0 Å². The first kappa shape index (κ1) is 24.2. The number of carbonyl (C=O) groups excluding carboxylic acids is 4. The van der Waals surface area contributed by atoms with Crippen LogP contribution in [0, 0.1) is 18.8 Å². The van der Waals surface area contributed by atoms with Crippen molar-refractivity contribution in [2.24, 2.45) is 11.8 Å². The number of carbonyl (C=O) groups is 4. The van der Waals surface area contributed by atoms with Crippen LogP contribution >= 0.6 is 0 Å². The molecule has 0 aliphatic carbocycles. The molecule has 1 unspecified atom stereocenters. The molecular formula is C28H32N4O4. The summed E-state index contributed by atoms with van der Waals surface area (Å²) in [7, 11) is 0. The minimum Gasteiger partial charge on any atom is -0.380 e. The number of hydrogen-bond acceptors (Lipinski definition) is 6. The van der Waals surface area contributed by atoms with Crippen molar-refractivity contribution in [1.82, 2.24) is 15.1 Å². The first-order valence-electron chi connectivity index (χ1n) is 12.6. The molecule has 3 aliphatic rings. The molecule has 0 saturated carbocycles. The van der Waals surface area contributed by atoms with Gasteiger partial charge in [0.25, 0.3) is 11.8 Å². The predicted octanol–water partition coefficient (Wildman–Crippen LogP) is 3.10. The van der Waals surface area contributed by atoms with E-state index in [1.165, 1.54) is 11.1 Å². The van der Waals surface area contributed by atoms with Gasteiger partial charge in [-0.05, 0) is 54.0 Å². The molecule has 36 heavy (non-hydrogen) atoms. The molecule has 0 spiro atoms. The van der Waals surface area contributed by atoms with E-state index in [1.807, 2.05) is 0 Å². The summed E-state index contributed by atoms with van der Waals surface area (Å²) in [4.78, 5) is 53.6. The van der Waals surface area contributed by atoms with Crippen LogP contribution in [0.3, 0.4) is 0 Å². The Morgan fingerprint density at radius 2 is 1.83 bits per heavy atom. The van der Waals surface area contributed by atoms with Gasteiger partial charge in [-0.2, -0.15) is 0 Å². The summed E-state index contributed by atoms with van der Waals surface area (Å²) in [6.45, 7) is 10.5. The number of fused-ring (bicyclic) bond motifs is 1. The lowest BCUT2D eigenvalue weighted by molar-refractivity contribution is -0.136. The average Bonchev–Trinajstić information content (AvgIpc) is 3.06. The lowest BCUT2D eigenvalue weighted by atomic mass is 9.88. The van der Waals surface area contributed by atoms with Crippen molar-refractivity contribution in [2.45, 2.75) is 52.7 Å². The maximum Gasteiger partial charge on any atom is 0.264 e. The van der Waals surface area contributed by atoms with Gasteiger partial charge in [0.15, 0.2) is 0 Å². The molecule has 8 heteroatoms. The smallest absolute Gasteiger partial charge is 0.264 e. The maximum atomic E-state index is 13.3. The Kier molecular flexibility index (Phi) is 6.38. The molecule has 188 valence electrons. The summed E-state index contributed by atoms with van der Waals surface area (Å²) in [5.74, 6) is -0.479. The molecule has 2 aromatic carbocycles. The van der Waals surface area contributed by atoms with Crippen LogP contribution in [0.1, 0.15) is 64.1 Å². The van der Waals surface area contributed by atoms with Gasteiger partial charge in [-0.25, -0.2) is 0 Å². The Balaban J connectivity index is 1.27. The molecule has 1 atom stereocenters. The lowest BCUT2D eigenvalue weighted by Gasteiger charge is -2.42. The number of likely N-dealkylation sites (tertiary alicyclic amines) is 1. The molecular weight excluding hydrogens is 456 g/mol. The van der Waals surface area contributed by atoms with Crippen molar-refractivity contribution >= 4 is 29.3 Å². The highest BCUT2D eigenvalue weighted by Gasteiger charge is 2.45. The molecule has 0 bridgehead atoms. The highest BCUT2D eigenvalue weighted by atomic mass is 16.2. The molecule has 2 fully saturated rings. The summed E-state index contributed by atoms with van der Waals surface area (Å²) < 4.78 is 0. The molecule has 5 rings (SSSR count).